The van der Waals surface area contributed by atoms with Crippen LogP contribution in [0.2, 0.25) is 0 Å². The number of nitrogens with two attached hydrogens (primary N) is 1. The second kappa shape index (κ2) is 7.50. The van der Waals surface area contributed by atoms with Crippen molar-refractivity contribution >= 4 is 11.8 Å². The standard InChI is InChI=1S/C24H21NO6/c1-28-24(27)22-20(14-7-8-17-18(10-14)30-12-29-17)21-16(26)9-15(11-19(21)31-23(22)25)13-5-3-2-4-6-13/h2-8,10,15,20H,9,11-12,25H2,1H3. The number of benzene rings is 2. The van der Waals surface area contributed by atoms with Crippen LogP contribution in [0.5, 0.6) is 11.5 Å². The van der Waals surface area contributed by atoms with Crippen LogP contribution in [0.1, 0.15) is 35.8 Å². The first-order valence-corrected chi connectivity index (χ1v) is 10.0. The zero-order chi connectivity index (χ0) is 21.5. The molecule has 0 radical (unpaired) electrons. The zero-order valence-corrected chi connectivity index (χ0v) is 16.9. The number of Topliss-reactive ketones (excluding diaryl/α,β-unsaturated/α-hetero) is 1. The third-order valence-corrected chi connectivity index (χ3v) is 5.95. The van der Waals surface area contributed by atoms with E-state index in [4.69, 9.17) is 24.7 Å². The highest BCUT2D eigenvalue weighted by molar-refractivity contribution is 6.03. The molecule has 0 aromatic heterocycles. The fourth-order valence-electron chi connectivity index (χ4n) is 4.50. The molecule has 2 aliphatic heterocycles. The summed E-state index contributed by atoms with van der Waals surface area (Å²) in [6.07, 6.45) is 0.836. The summed E-state index contributed by atoms with van der Waals surface area (Å²) in [5, 5.41) is 0. The molecule has 7 nitrogen and oxygen atoms in total. The van der Waals surface area contributed by atoms with E-state index in [1.54, 1.807) is 18.2 Å². The minimum absolute atomic E-state index is 0.0164. The number of methoxy groups -OCH3 is 1. The van der Waals surface area contributed by atoms with Gasteiger partial charge in [-0.15, -0.1) is 0 Å². The number of hydrogen-bond donors (Lipinski definition) is 1. The molecule has 158 valence electrons. The van der Waals surface area contributed by atoms with E-state index in [0.717, 1.165) is 5.56 Å². The number of ketones is 1. The third kappa shape index (κ3) is 3.22. The first kappa shape index (κ1) is 19.2. The Kier molecular flexibility index (Phi) is 4.66. The molecular weight excluding hydrogens is 398 g/mol. The zero-order valence-electron chi connectivity index (χ0n) is 16.9. The van der Waals surface area contributed by atoms with Crippen LogP contribution in [0.25, 0.3) is 0 Å². The molecule has 31 heavy (non-hydrogen) atoms. The van der Waals surface area contributed by atoms with Crippen LogP contribution in [-0.4, -0.2) is 25.7 Å². The number of rotatable bonds is 3. The van der Waals surface area contributed by atoms with Crippen LogP contribution in [0.15, 0.2) is 71.3 Å². The highest BCUT2D eigenvalue weighted by Gasteiger charge is 2.43. The van der Waals surface area contributed by atoms with E-state index >= 15 is 0 Å². The summed E-state index contributed by atoms with van der Waals surface area (Å²) in [4.78, 5) is 26.0. The fraction of sp³-hybridized carbons (Fsp3) is 0.250. The number of esters is 1. The van der Waals surface area contributed by atoms with E-state index in [2.05, 4.69) is 0 Å². The van der Waals surface area contributed by atoms with E-state index in [-0.39, 0.29) is 30.0 Å². The second-order valence-corrected chi connectivity index (χ2v) is 7.69. The lowest BCUT2D eigenvalue weighted by Gasteiger charge is -2.35. The van der Waals surface area contributed by atoms with Crippen molar-refractivity contribution in [3.05, 3.63) is 82.4 Å². The predicted octanol–water partition coefficient (Wildman–Crippen LogP) is 3.27. The largest absolute Gasteiger partial charge is 0.465 e. The number of carbonyl (C=O) groups excluding carboxylic acids is 2. The van der Waals surface area contributed by atoms with Gasteiger partial charge in [-0.25, -0.2) is 4.79 Å². The van der Waals surface area contributed by atoms with E-state index in [1.807, 2.05) is 30.3 Å². The smallest absolute Gasteiger partial charge is 0.340 e. The molecule has 5 rings (SSSR count). The molecule has 2 aromatic carbocycles. The quantitative estimate of drug-likeness (QED) is 0.763. The van der Waals surface area contributed by atoms with Gasteiger partial charge in [-0.05, 0) is 29.2 Å². The first-order valence-electron chi connectivity index (χ1n) is 10.0. The van der Waals surface area contributed by atoms with Crippen LogP contribution in [0, 0.1) is 0 Å². The van der Waals surface area contributed by atoms with E-state index in [1.165, 1.54) is 7.11 Å². The maximum absolute atomic E-state index is 13.4. The molecule has 0 saturated carbocycles. The van der Waals surface area contributed by atoms with Crippen molar-refractivity contribution in [2.45, 2.75) is 24.7 Å². The van der Waals surface area contributed by atoms with Crippen molar-refractivity contribution in [2.75, 3.05) is 13.9 Å². The summed E-state index contributed by atoms with van der Waals surface area (Å²) in [5.74, 6) is 0.191. The lowest BCUT2D eigenvalue weighted by Crippen LogP contribution is -2.32. The summed E-state index contributed by atoms with van der Waals surface area (Å²) in [6.45, 7) is 0.125. The van der Waals surface area contributed by atoms with Crippen LogP contribution in [-0.2, 0) is 19.1 Å². The van der Waals surface area contributed by atoms with Gasteiger partial charge in [-0.1, -0.05) is 36.4 Å². The Morgan fingerprint density at radius 1 is 1.03 bits per heavy atom. The van der Waals surface area contributed by atoms with Gasteiger partial charge < -0.3 is 24.7 Å². The van der Waals surface area contributed by atoms with Gasteiger partial charge in [0.2, 0.25) is 12.7 Å². The molecular formula is C24H21NO6. The number of carbonyl (C=O) groups is 2. The maximum atomic E-state index is 13.4. The molecule has 2 unspecified atom stereocenters. The van der Waals surface area contributed by atoms with Crippen molar-refractivity contribution in [2.24, 2.45) is 5.73 Å². The molecule has 0 saturated heterocycles. The normalized spacial score (nSPS) is 22.2. The Bertz CT molecular complexity index is 1130. The molecule has 2 N–H and O–H groups in total. The van der Waals surface area contributed by atoms with Crippen LogP contribution < -0.4 is 15.2 Å². The predicted molar refractivity (Wildman–Crippen MR) is 110 cm³/mol. The third-order valence-electron chi connectivity index (χ3n) is 5.95. The number of fused-ring (bicyclic) bond motifs is 1. The Labute approximate surface area is 179 Å². The highest BCUT2D eigenvalue weighted by Crippen LogP contribution is 2.48. The molecule has 1 aliphatic carbocycles. The molecule has 0 fully saturated rings. The van der Waals surface area contributed by atoms with Crippen molar-refractivity contribution in [1.29, 1.82) is 0 Å². The number of hydrogen-bond acceptors (Lipinski definition) is 7. The molecule has 2 heterocycles. The molecule has 2 atom stereocenters. The van der Waals surface area contributed by atoms with Crippen LogP contribution >= 0.6 is 0 Å². The minimum Gasteiger partial charge on any atom is -0.465 e. The Morgan fingerprint density at radius 2 is 1.81 bits per heavy atom. The average Bonchev–Trinajstić information content (AvgIpc) is 3.26. The average molecular weight is 419 g/mol. The van der Waals surface area contributed by atoms with Gasteiger partial charge >= 0.3 is 5.97 Å². The van der Waals surface area contributed by atoms with Gasteiger partial charge in [0, 0.05) is 18.4 Å². The number of allylic oxidation sites excluding steroid dienone is 2. The van der Waals surface area contributed by atoms with Crippen molar-refractivity contribution in [3.8, 4) is 11.5 Å². The van der Waals surface area contributed by atoms with Gasteiger partial charge in [-0.3, -0.25) is 4.79 Å². The Balaban J connectivity index is 1.61. The molecule has 0 bridgehead atoms. The Hall–Kier alpha value is -3.74. The summed E-state index contributed by atoms with van der Waals surface area (Å²) < 4.78 is 21.7. The Morgan fingerprint density at radius 3 is 2.58 bits per heavy atom. The van der Waals surface area contributed by atoms with Gasteiger partial charge in [-0.2, -0.15) is 0 Å². The summed E-state index contributed by atoms with van der Waals surface area (Å²) in [6, 6.07) is 15.2. The van der Waals surface area contributed by atoms with Crippen molar-refractivity contribution < 1.29 is 28.5 Å². The van der Waals surface area contributed by atoms with Crippen LogP contribution in [0.4, 0.5) is 0 Å². The molecule has 3 aliphatic rings. The lowest BCUT2D eigenvalue weighted by atomic mass is 9.73. The van der Waals surface area contributed by atoms with Gasteiger partial charge in [0.15, 0.2) is 17.3 Å². The monoisotopic (exact) mass is 419 g/mol. The highest BCUT2D eigenvalue weighted by atomic mass is 16.7. The van der Waals surface area contributed by atoms with E-state index in [0.29, 0.717) is 41.2 Å². The van der Waals surface area contributed by atoms with E-state index < -0.39 is 11.9 Å². The molecule has 2 aromatic rings. The maximum Gasteiger partial charge on any atom is 0.340 e. The molecule has 7 heteroatoms. The van der Waals surface area contributed by atoms with Crippen molar-refractivity contribution in [3.63, 3.8) is 0 Å². The number of ether oxygens (including phenoxy) is 4. The van der Waals surface area contributed by atoms with Gasteiger partial charge in [0.25, 0.3) is 0 Å². The molecule has 0 amide bonds. The summed E-state index contributed by atoms with van der Waals surface area (Å²) >= 11 is 0. The van der Waals surface area contributed by atoms with Crippen LogP contribution in [0.3, 0.4) is 0 Å². The first-order chi connectivity index (χ1) is 15.1. The summed E-state index contributed by atoms with van der Waals surface area (Å²) in [7, 11) is 1.28. The second-order valence-electron chi connectivity index (χ2n) is 7.69. The minimum atomic E-state index is -0.699. The van der Waals surface area contributed by atoms with Gasteiger partial charge in [0.05, 0.1) is 13.0 Å². The van der Waals surface area contributed by atoms with Crippen molar-refractivity contribution in [1.82, 2.24) is 0 Å². The van der Waals surface area contributed by atoms with E-state index in [9.17, 15) is 9.59 Å². The molecule has 0 spiro atoms. The summed E-state index contributed by atoms with van der Waals surface area (Å²) in [5.41, 5.74) is 8.50. The fourth-order valence-corrected chi connectivity index (χ4v) is 4.50. The van der Waals surface area contributed by atoms with Gasteiger partial charge in [0.1, 0.15) is 11.3 Å². The SMILES string of the molecule is COC(=O)C1=C(N)OC2=C(C(=O)CC(c3ccccc3)C2)C1c1ccc2c(c1)OCO2. The topological polar surface area (TPSA) is 97.1 Å². The lowest BCUT2D eigenvalue weighted by molar-refractivity contribution is -0.136.